The highest BCUT2D eigenvalue weighted by atomic mass is 32.2. The number of imide groups is 1. The summed E-state index contributed by atoms with van der Waals surface area (Å²) in [4.78, 5) is 25.2. The predicted octanol–water partition coefficient (Wildman–Crippen LogP) is 4.25. The van der Waals surface area contributed by atoms with Crippen LogP contribution < -0.4 is 4.74 Å². The minimum absolute atomic E-state index is 0.119. The van der Waals surface area contributed by atoms with Crippen molar-refractivity contribution in [2.45, 2.75) is 50.0 Å². The largest absolute Gasteiger partial charge is 0.497 e. The number of amides is 2. The van der Waals surface area contributed by atoms with Crippen LogP contribution in [0.3, 0.4) is 0 Å². The zero-order chi connectivity index (χ0) is 18.1. The Balaban J connectivity index is 1.89. The standard InChI is InChI=1S/C19H27NO4S/c1-3-4-5-6-17(13-18(21)20-11-12-24-19(20)22)25-14-15-7-9-16(23-2)10-8-15/h7-10,17H,3-6,11-14H2,1-2H3/t17-/m0/s1. The Hall–Kier alpha value is -1.69. The van der Waals surface area contributed by atoms with Crippen LogP contribution in [0.25, 0.3) is 0 Å². The summed E-state index contributed by atoms with van der Waals surface area (Å²) in [7, 11) is 1.66. The minimum atomic E-state index is -0.502. The van der Waals surface area contributed by atoms with Gasteiger partial charge in [-0.05, 0) is 24.1 Å². The smallest absolute Gasteiger partial charge is 0.416 e. The molecule has 0 N–H and O–H groups in total. The van der Waals surface area contributed by atoms with Crippen molar-refractivity contribution < 1.29 is 19.1 Å². The first-order valence-electron chi connectivity index (χ1n) is 8.85. The van der Waals surface area contributed by atoms with E-state index in [1.54, 1.807) is 18.9 Å². The molecule has 0 spiro atoms. The molecule has 1 heterocycles. The van der Waals surface area contributed by atoms with Crippen LogP contribution in [0.2, 0.25) is 0 Å². The van der Waals surface area contributed by atoms with Crippen LogP contribution >= 0.6 is 11.8 Å². The van der Waals surface area contributed by atoms with Gasteiger partial charge in [0.2, 0.25) is 5.91 Å². The summed E-state index contributed by atoms with van der Waals surface area (Å²) in [6.07, 6.45) is 4.30. The third kappa shape index (κ3) is 6.27. The van der Waals surface area contributed by atoms with Crippen LogP contribution in [0, 0.1) is 0 Å². The molecule has 138 valence electrons. The van der Waals surface area contributed by atoms with Crippen molar-refractivity contribution in [3.63, 3.8) is 0 Å². The van der Waals surface area contributed by atoms with Gasteiger partial charge >= 0.3 is 6.09 Å². The van der Waals surface area contributed by atoms with Crippen LogP contribution in [-0.2, 0) is 15.3 Å². The molecular weight excluding hydrogens is 338 g/mol. The second-order valence-corrected chi connectivity index (χ2v) is 7.43. The average molecular weight is 365 g/mol. The number of nitrogens with zero attached hydrogens (tertiary/aromatic N) is 1. The molecule has 1 aliphatic heterocycles. The van der Waals surface area contributed by atoms with E-state index in [9.17, 15) is 9.59 Å². The molecule has 1 aromatic carbocycles. The highest BCUT2D eigenvalue weighted by Gasteiger charge is 2.29. The number of rotatable bonds is 10. The lowest BCUT2D eigenvalue weighted by Gasteiger charge is -2.18. The molecule has 0 radical (unpaired) electrons. The summed E-state index contributed by atoms with van der Waals surface area (Å²) in [5.41, 5.74) is 1.21. The molecule has 1 saturated heterocycles. The van der Waals surface area contributed by atoms with Crippen LogP contribution in [0.1, 0.15) is 44.6 Å². The number of benzene rings is 1. The molecule has 25 heavy (non-hydrogen) atoms. The normalized spacial score (nSPS) is 15.1. The molecule has 1 aromatic rings. The fourth-order valence-electron chi connectivity index (χ4n) is 2.73. The summed E-state index contributed by atoms with van der Waals surface area (Å²) < 4.78 is 10.0. The third-order valence-corrected chi connectivity index (χ3v) is 5.61. The van der Waals surface area contributed by atoms with Crippen molar-refractivity contribution in [2.24, 2.45) is 0 Å². The zero-order valence-corrected chi connectivity index (χ0v) is 15.8. The van der Waals surface area contributed by atoms with Gasteiger partial charge in [-0.3, -0.25) is 4.79 Å². The van der Waals surface area contributed by atoms with E-state index < -0.39 is 6.09 Å². The van der Waals surface area contributed by atoms with Crippen LogP contribution in [0.15, 0.2) is 24.3 Å². The molecule has 0 saturated carbocycles. The lowest BCUT2D eigenvalue weighted by atomic mass is 10.1. The summed E-state index contributed by atoms with van der Waals surface area (Å²) in [5, 5.41) is 0.217. The van der Waals surface area contributed by atoms with Crippen LogP contribution in [-0.4, -0.2) is 42.4 Å². The van der Waals surface area contributed by atoms with E-state index in [4.69, 9.17) is 9.47 Å². The quantitative estimate of drug-likeness (QED) is 0.580. The first-order valence-corrected chi connectivity index (χ1v) is 9.90. The first kappa shape index (κ1) is 19.6. The van der Waals surface area contributed by atoms with Gasteiger partial charge in [0.15, 0.2) is 0 Å². The van der Waals surface area contributed by atoms with Gasteiger partial charge in [0.05, 0.1) is 13.7 Å². The number of hydrogen-bond donors (Lipinski definition) is 0. The Morgan fingerprint density at radius 1 is 1.32 bits per heavy atom. The monoisotopic (exact) mass is 365 g/mol. The molecule has 1 aliphatic rings. The number of hydrogen-bond acceptors (Lipinski definition) is 5. The lowest BCUT2D eigenvalue weighted by molar-refractivity contribution is -0.127. The first-order chi connectivity index (χ1) is 12.1. The van der Waals surface area contributed by atoms with Gasteiger partial charge < -0.3 is 9.47 Å². The Morgan fingerprint density at radius 3 is 2.68 bits per heavy atom. The van der Waals surface area contributed by atoms with Gasteiger partial charge in [0, 0.05) is 17.4 Å². The number of methoxy groups -OCH3 is 1. The topological polar surface area (TPSA) is 55.8 Å². The van der Waals surface area contributed by atoms with Crippen molar-refractivity contribution in [1.29, 1.82) is 0 Å². The fraction of sp³-hybridized carbons (Fsp3) is 0.579. The highest BCUT2D eigenvalue weighted by molar-refractivity contribution is 7.99. The van der Waals surface area contributed by atoms with Crippen molar-refractivity contribution in [3.8, 4) is 5.75 Å². The predicted molar refractivity (Wildman–Crippen MR) is 99.9 cm³/mol. The lowest BCUT2D eigenvalue weighted by Crippen LogP contribution is -2.33. The van der Waals surface area contributed by atoms with E-state index in [0.29, 0.717) is 19.6 Å². The maximum Gasteiger partial charge on any atom is 0.416 e. The molecule has 5 nitrogen and oxygen atoms in total. The number of cyclic esters (lactones) is 1. The Morgan fingerprint density at radius 2 is 2.08 bits per heavy atom. The van der Waals surface area contributed by atoms with E-state index in [1.165, 1.54) is 16.9 Å². The Kier molecular flexibility index (Phi) is 8.12. The van der Waals surface area contributed by atoms with E-state index in [0.717, 1.165) is 30.8 Å². The molecule has 2 rings (SSSR count). The van der Waals surface area contributed by atoms with Gasteiger partial charge in [0.1, 0.15) is 12.4 Å². The maximum absolute atomic E-state index is 12.4. The molecule has 6 heteroatoms. The highest BCUT2D eigenvalue weighted by Crippen LogP contribution is 2.27. The van der Waals surface area contributed by atoms with E-state index >= 15 is 0 Å². The number of carbonyl (C=O) groups is 2. The molecule has 1 atom stereocenters. The van der Waals surface area contributed by atoms with Gasteiger partial charge in [-0.1, -0.05) is 38.3 Å². The SMILES string of the molecule is CCCCC[C@@H](CC(=O)N1CCOC1=O)SCc1ccc(OC)cc1. The van der Waals surface area contributed by atoms with Crippen molar-refractivity contribution in [3.05, 3.63) is 29.8 Å². The molecular formula is C19H27NO4S. The summed E-state index contributed by atoms with van der Waals surface area (Å²) in [5.74, 6) is 1.57. The minimum Gasteiger partial charge on any atom is -0.497 e. The molecule has 0 bridgehead atoms. The molecule has 0 unspecified atom stereocenters. The molecule has 0 aromatic heterocycles. The van der Waals surface area contributed by atoms with Gasteiger partial charge in [0.25, 0.3) is 0 Å². The van der Waals surface area contributed by atoms with Crippen molar-refractivity contribution >= 4 is 23.8 Å². The Labute approximate surface area is 154 Å². The fourth-order valence-corrected chi connectivity index (χ4v) is 3.94. The van der Waals surface area contributed by atoms with Crippen LogP contribution in [0.5, 0.6) is 5.75 Å². The summed E-state index contributed by atoms with van der Waals surface area (Å²) in [6.45, 7) is 2.86. The second-order valence-electron chi connectivity index (χ2n) is 6.14. The van der Waals surface area contributed by atoms with Crippen molar-refractivity contribution in [1.82, 2.24) is 4.90 Å². The number of thioether (sulfide) groups is 1. The summed E-state index contributed by atoms with van der Waals surface area (Å²) >= 11 is 1.79. The number of unbranched alkanes of at least 4 members (excludes halogenated alkanes) is 2. The molecule has 2 amide bonds. The number of carbonyl (C=O) groups excluding carboxylic acids is 2. The van der Waals surface area contributed by atoms with Gasteiger partial charge in [-0.25, -0.2) is 9.69 Å². The second kappa shape index (κ2) is 10.3. The van der Waals surface area contributed by atoms with E-state index in [-0.39, 0.29) is 11.2 Å². The van der Waals surface area contributed by atoms with E-state index in [2.05, 4.69) is 19.1 Å². The molecule has 1 fully saturated rings. The van der Waals surface area contributed by atoms with Gasteiger partial charge in [-0.2, -0.15) is 11.8 Å². The van der Waals surface area contributed by atoms with Crippen molar-refractivity contribution in [2.75, 3.05) is 20.3 Å². The van der Waals surface area contributed by atoms with E-state index in [1.807, 2.05) is 12.1 Å². The Bertz CT molecular complexity index is 561. The summed E-state index contributed by atoms with van der Waals surface area (Å²) in [6, 6.07) is 8.00. The third-order valence-electron chi connectivity index (χ3n) is 4.24. The average Bonchev–Trinajstić information content (AvgIpc) is 3.06. The van der Waals surface area contributed by atoms with Gasteiger partial charge in [-0.15, -0.1) is 0 Å². The van der Waals surface area contributed by atoms with Crippen LogP contribution in [0.4, 0.5) is 4.79 Å². The molecule has 0 aliphatic carbocycles. The maximum atomic E-state index is 12.4. The number of ether oxygens (including phenoxy) is 2. The zero-order valence-electron chi connectivity index (χ0n) is 15.0.